The molecule has 0 aliphatic rings. The fourth-order valence-corrected chi connectivity index (χ4v) is 1.94. The molecule has 1 rings (SSSR count). The van der Waals surface area contributed by atoms with Crippen molar-refractivity contribution in [3.8, 4) is 0 Å². The number of imidazole rings is 1. The molecule has 0 aliphatic carbocycles. The monoisotopic (exact) mass is 296 g/mol. The average Bonchev–Trinajstić information content (AvgIpc) is 2.87. The second-order valence-corrected chi connectivity index (χ2v) is 6.07. The molecule has 4 N–H and O–H groups in total. The molecule has 0 saturated carbocycles. The van der Waals surface area contributed by atoms with Crippen molar-refractivity contribution in [1.29, 1.82) is 0 Å². The molecular formula is C14H24N4O3. The van der Waals surface area contributed by atoms with Crippen LogP contribution in [-0.2, 0) is 4.79 Å². The molecule has 7 heteroatoms. The number of H-pyrrole nitrogens is 1. The van der Waals surface area contributed by atoms with Gasteiger partial charge in [0.05, 0.1) is 12.5 Å². The molecular weight excluding hydrogens is 272 g/mol. The van der Waals surface area contributed by atoms with E-state index in [1.165, 1.54) is 0 Å². The minimum absolute atomic E-state index is 0.117. The number of nitrogens with zero attached hydrogens (tertiary/aromatic N) is 1. The van der Waals surface area contributed by atoms with E-state index in [1.807, 2.05) is 27.7 Å². The van der Waals surface area contributed by atoms with Gasteiger partial charge in [-0.25, -0.2) is 9.78 Å². The number of carboxylic acid groups (broad SMARTS) is 1. The number of hydrogen-bond donors (Lipinski definition) is 4. The van der Waals surface area contributed by atoms with Crippen LogP contribution in [0.5, 0.6) is 0 Å². The summed E-state index contributed by atoms with van der Waals surface area (Å²) in [7, 11) is 0. The maximum Gasteiger partial charge on any atom is 0.315 e. The summed E-state index contributed by atoms with van der Waals surface area (Å²) < 4.78 is 0. The Labute approximate surface area is 124 Å². The first-order valence-electron chi connectivity index (χ1n) is 7.02. The fourth-order valence-electron chi connectivity index (χ4n) is 1.94. The van der Waals surface area contributed by atoms with Crippen molar-refractivity contribution in [2.75, 3.05) is 0 Å². The van der Waals surface area contributed by atoms with Crippen molar-refractivity contribution in [2.45, 2.75) is 52.6 Å². The van der Waals surface area contributed by atoms with Crippen LogP contribution in [0.2, 0.25) is 0 Å². The van der Waals surface area contributed by atoms with Gasteiger partial charge >= 0.3 is 12.0 Å². The fraction of sp³-hybridized carbons (Fsp3) is 0.643. The van der Waals surface area contributed by atoms with E-state index in [1.54, 1.807) is 12.4 Å². The largest absolute Gasteiger partial charge is 0.481 e. The number of amides is 2. The number of hydrogen-bond acceptors (Lipinski definition) is 3. The highest BCUT2D eigenvalue weighted by atomic mass is 16.4. The lowest BCUT2D eigenvalue weighted by Crippen LogP contribution is -2.49. The van der Waals surface area contributed by atoms with Crippen molar-refractivity contribution in [3.05, 3.63) is 18.2 Å². The van der Waals surface area contributed by atoms with Crippen molar-refractivity contribution in [3.63, 3.8) is 0 Å². The van der Waals surface area contributed by atoms with Crippen LogP contribution in [0.3, 0.4) is 0 Å². The first-order valence-corrected chi connectivity index (χ1v) is 7.02. The van der Waals surface area contributed by atoms with E-state index in [-0.39, 0.29) is 23.9 Å². The highest BCUT2D eigenvalue weighted by molar-refractivity contribution is 5.76. The number of aromatic amines is 1. The number of aromatic nitrogens is 2. The third kappa shape index (κ3) is 5.45. The molecule has 0 aromatic carbocycles. The van der Waals surface area contributed by atoms with Gasteiger partial charge in [-0.3, -0.25) is 4.79 Å². The number of rotatable bonds is 6. The molecule has 1 heterocycles. The maximum absolute atomic E-state index is 12.1. The summed E-state index contributed by atoms with van der Waals surface area (Å²) in [5.74, 6) is -0.258. The molecule has 118 valence electrons. The van der Waals surface area contributed by atoms with E-state index >= 15 is 0 Å². The van der Waals surface area contributed by atoms with Crippen LogP contribution >= 0.6 is 0 Å². The lowest BCUT2D eigenvalue weighted by atomic mass is 9.85. The van der Waals surface area contributed by atoms with E-state index in [9.17, 15) is 9.59 Å². The van der Waals surface area contributed by atoms with Gasteiger partial charge in [-0.15, -0.1) is 0 Å². The van der Waals surface area contributed by atoms with E-state index in [0.717, 1.165) is 0 Å². The summed E-state index contributed by atoms with van der Waals surface area (Å²) in [6.07, 6.45) is 3.88. The third-order valence-corrected chi connectivity index (χ3v) is 3.29. The Kier molecular flexibility index (Phi) is 5.75. The second kappa shape index (κ2) is 7.10. The topological polar surface area (TPSA) is 107 Å². The quantitative estimate of drug-likeness (QED) is 0.644. The zero-order valence-electron chi connectivity index (χ0n) is 12.9. The number of carbonyl (C=O) groups excluding carboxylic acids is 1. The van der Waals surface area contributed by atoms with Gasteiger partial charge in [0.1, 0.15) is 5.82 Å². The van der Waals surface area contributed by atoms with Gasteiger partial charge in [-0.1, -0.05) is 27.7 Å². The number of nitrogens with one attached hydrogen (secondary N) is 3. The SMILES string of the molecule is CCC(NC(=O)NC(CC(=O)O)C(C)(C)C)c1ncc[nH]1. The number of aliphatic carboxylic acids is 1. The van der Waals surface area contributed by atoms with E-state index in [2.05, 4.69) is 20.6 Å². The first-order chi connectivity index (χ1) is 9.74. The molecule has 2 unspecified atom stereocenters. The first kappa shape index (κ1) is 17.0. The Balaban J connectivity index is 2.67. The standard InChI is InChI=1S/C14H24N4O3/c1-5-9(12-15-6-7-16-12)17-13(21)18-10(8-11(19)20)14(2,3)4/h6-7,9-10H,5,8H2,1-4H3,(H,15,16)(H,19,20)(H2,17,18,21). The third-order valence-electron chi connectivity index (χ3n) is 3.29. The molecule has 21 heavy (non-hydrogen) atoms. The molecule has 1 aromatic heterocycles. The Hall–Kier alpha value is -2.05. The Morgan fingerprint density at radius 3 is 2.48 bits per heavy atom. The van der Waals surface area contributed by atoms with Crippen molar-refractivity contribution >= 4 is 12.0 Å². The minimum atomic E-state index is -0.937. The van der Waals surface area contributed by atoms with E-state index in [4.69, 9.17) is 5.11 Å². The molecule has 2 amide bonds. The zero-order chi connectivity index (χ0) is 16.0. The zero-order valence-corrected chi connectivity index (χ0v) is 12.9. The van der Waals surface area contributed by atoms with Crippen LogP contribution in [0, 0.1) is 5.41 Å². The summed E-state index contributed by atoms with van der Waals surface area (Å²) in [6, 6.07) is -1.08. The van der Waals surface area contributed by atoms with Gasteiger partial charge in [0, 0.05) is 18.4 Å². The van der Waals surface area contributed by atoms with Gasteiger partial charge in [0.25, 0.3) is 0 Å². The second-order valence-electron chi connectivity index (χ2n) is 6.07. The van der Waals surface area contributed by atoms with E-state index < -0.39 is 12.0 Å². The van der Waals surface area contributed by atoms with Gasteiger partial charge in [-0.2, -0.15) is 0 Å². The molecule has 0 saturated heterocycles. The molecule has 0 aliphatic heterocycles. The molecule has 1 aromatic rings. The number of urea groups is 1. The van der Waals surface area contributed by atoms with Gasteiger partial charge in [0.15, 0.2) is 0 Å². The van der Waals surface area contributed by atoms with Crippen molar-refractivity contribution in [1.82, 2.24) is 20.6 Å². The molecule has 2 atom stereocenters. The normalized spacial score (nSPS) is 14.3. The minimum Gasteiger partial charge on any atom is -0.481 e. The van der Waals surface area contributed by atoms with E-state index in [0.29, 0.717) is 12.2 Å². The van der Waals surface area contributed by atoms with Crippen LogP contribution < -0.4 is 10.6 Å². The van der Waals surface area contributed by atoms with Gasteiger partial charge in [0.2, 0.25) is 0 Å². The van der Waals surface area contributed by atoms with Crippen LogP contribution in [0.15, 0.2) is 12.4 Å². The average molecular weight is 296 g/mol. The Bertz CT molecular complexity index is 465. The smallest absolute Gasteiger partial charge is 0.315 e. The molecule has 7 nitrogen and oxygen atoms in total. The Morgan fingerprint density at radius 1 is 1.38 bits per heavy atom. The molecule has 0 bridgehead atoms. The highest BCUT2D eigenvalue weighted by Gasteiger charge is 2.29. The summed E-state index contributed by atoms with van der Waals surface area (Å²) in [6.45, 7) is 7.62. The number of carboxylic acids is 1. The van der Waals surface area contributed by atoms with Gasteiger partial charge in [-0.05, 0) is 11.8 Å². The molecule has 0 fully saturated rings. The molecule has 0 spiro atoms. The summed E-state index contributed by atoms with van der Waals surface area (Å²) in [5.41, 5.74) is -0.345. The molecule has 0 radical (unpaired) electrons. The van der Waals surface area contributed by atoms with Crippen molar-refractivity contribution in [2.24, 2.45) is 5.41 Å². The summed E-state index contributed by atoms with van der Waals surface area (Å²) >= 11 is 0. The predicted molar refractivity (Wildman–Crippen MR) is 78.8 cm³/mol. The van der Waals surface area contributed by atoms with Crippen LogP contribution in [0.4, 0.5) is 4.79 Å². The highest BCUT2D eigenvalue weighted by Crippen LogP contribution is 2.22. The predicted octanol–water partition coefficient (Wildman–Crippen LogP) is 2.05. The van der Waals surface area contributed by atoms with Gasteiger partial charge < -0.3 is 20.7 Å². The summed E-state index contributed by atoms with van der Waals surface area (Å²) in [5, 5.41) is 14.5. The summed E-state index contributed by atoms with van der Waals surface area (Å²) in [4.78, 5) is 30.1. The lowest BCUT2D eigenvalue weighted by Gasteiger charge is -2.31. The number of carbonyl (C=O) groups is 2. The van der Waals surface area contributed by atoms with Crippen molar-refractivity contribution < 1.29 is 14.7 Å². The lowest BCUT2D eigenvalue weighted by molar-refractivity contribution is -0.138. The Morgan fingerprint density at radius 2 is 2.05 bits per heavy atom. The van der Waals surface area contributed by atoms with Crippen LogP contribution in [-0.4, -0.2) is 33.1 Å². The maximum atomic E-state index is 12.1. The van der Waals surface area contributed by atoms with Crippen LogP contribution in [0.25, 0.3) is 0 Å². The van der Waals surface area contributed by atoms with Crippen LogP contribution in [0.1, 0.15) is 52.4 Å².